The lowest BCUT2D eigenvalue weighted by Crippen LogP contribution is -2.13. The zero-order valence-electron chi connectivity index (χ0n) is 10.5. The zero-order chi connectivity index (χ0) is 13.0. The normalized spacial score (nSPS) is 14.5. The highest BCUT2D eigenvalue weighted by Crippen LogP contribution is 2.28. The summed E-state index contributed by atoms with van der Waals surface area (Å²) in [5, 5.41) is 12.1. The van der Waals surface area contributed by atoms with E-state index in [-0.39, 0.29) is 5.56 Å². The van der Waals surface area contributed by atoms with Gasteiger partial charge in [-0.25, -0.2) is 4.79 Å². The van der Waals surface area contributed by atoms with Crippen LogP contribution in [0.1, 0.15) is 28.9 Å². The average molecular weight is 250 g/mol. The fourth-order valence-corrected chi connectivity index (χ4v) is 1.67. The summed E-state index contributed by atoms with van der Waals surface area (Å²) in [4.78, 5) is 15.0. The standard InChI is InChI=1S/C13H18N2O3/c1-9-6-12(11(7-15-9)13(16)17)14-4-5-18-8-10-2-3-10/h6-7,10H,2-5,8H2,1H3,(H,14,15)(H,16,17). The number of carbonyl (C=O) groups is 1. The van der Waals surface area contributed by atoms with Gasteiger partial charge in [-0.2, -0.15) is 0 Å². The van der Waals surface area contributed by atoms with Crippen molar-refractivity contribution in [1.82, 2.24) is 4.98 Å². The highest BCUT2D eigenvalue weighted by Gasteiger charge is 2.20. The second-order valence-electron chi connectivity index (χ2n) is 4.62. The van der Waals surface area contributed by atoms with Crippen LogP contribution in [0.3, 0.4) is 0 Å². The lowest BCUT2D eigenvalue weighted by Gasteiger charge is -2.10. The van der Waals surface area contributed by atoms with Crippen LogP contribution in [0.5, 0.6) is 0 Å². The van der Waals surface area contributed by atoms with Crippen molar-refractivity contribution < 1.29 is 14.6 Å². The molecule has 1 aliphatic carbocycles. The molecule has 0 aromatic carbocycles. The smallest absolute Gasteiger partial charge is 0.339 e. The van der Waals surface area contributed by atoms with Gasteiger partial charge in [0, 0.05) is 25.0 Å². The van der Waals surface area contributed by atoms with Crippen LogP contribution < -0.4 is 5.32 Å². The van der Waals surface area contributed by atoms with Gasteiger partial charge in [-0.05, 0) is 31.7 Å². The number of nitrogens with one attached hydrogen (secondary N) is 1. The molecule has 0 spiro atoms. The van der Waals surface area contributed by atoms with E-state index in [1.807, 2.05) is 6.92 Å². The van der Waals surface area contributed by atoms with Gasteiger partial charge in [0.05, 0.1) is 12.3 Å². The number of aryl methyl sites for hydroxylation is 1. The van der Waals surface area contributed by atoms with Gasteiger partial charge in [-0.3, -0.25) is 4.98 Å². The van der Waals surface area contributed by atoms with Crippen LogP contribution in [0.25, 0.3) is 0 Å². The number of rotatable bonds is 7. The SMILES string of the molecule is Cc1cc(NCCOCC2CC2)c(C(=O)O)cn1. The molecular formula is C13H18N2O3. The maximum absolute atomic E-state index is 11.0. The Morgan fingerprint density at radius 1 is 1.61 bits per heavy atom. The summed E-state index contributed by atoms with van der Waals surface area (Å²) in [7, 11) is 0. The van der Waals surface area contributed by atoms with E-state index in [0.29, 0.717) is 18.8 Å². The summed E-state index contributed by atoms with van der Waals surface area (Å²) >= 11 is 0. The molecule has 5 nitrogen and oxygen atoms in total. The van der Waals surface area contributed by atoms with Gasteiger partial charge in [0.25, 0.3) is 0 Å². The summed E-state index contributed by atoms with van der Waals surface area (Å²) in [6.07, 6.45) is 3.94. The minimum Gasteiger partial charge on any atom is -0.478 e. The van der Waals surface area contributed by atoms with Crippen LogP contribution in [0.4, 0.5) is 5.69 Å². The molecule has 0 atom stereocenters. The first-order valence-electron chi connectivity index (χ1n) is 6.18. The van der Waals surface area contributed by atoms with Crippen molar-refractivity contribution in [3.05, 3.63) is 23.5 Å². The van der Waals surface area contributed by atoms with Gasteiger partial charge >= 0.3 is 5.97 Å². The molecule has 1 fully saturated rings. The Kier molecular flexibility index (Phi) is 4.15. The Labute approximate surface area is 106 Å². The lowest BCUT2D eigenvalue weighted by atomic mass is 10.2. The molecule has 0 aliphatic heterocycles. The van der Waals surface area contributed by atoms with Crippen molar-refractivity contribution in [2.45, 2.75) is 19.8 Å². The largest absolute Gasteiger partial charge is 0.478 e. The van der Waals surface area contributed by atoms with Crippen molar-refractivity contribution >= 4 is 11.7 Å². The number of pyridine rings is 1. The first-order chi connectivity index (χ1) is 8.66. The Hall–Kier alpha value is -1.62. The number of anilines is 1. The van der Waals surface area contributed by atoms with Crippen molar-refractivity contribution in [2.24, 2.45) is 5.92 Å². The molecule has 1 aromatic rings. The number of carboxylic acids is 1. The van der Waals surface area contributed by atoms with Crippen LogP contribution in [0, 0.1) is 12.8 Å². The molecule has 0 radical (unpaired) electrons. The highest BCUT2D eigenvalue weighted by molar-refractivity contribution is 5.93. The van der Waals surface area contributed by atoms with E-state index in [1.54, 1.807) is 6.07 Å². The Morgan fingerprint density at radius 2 is 2.39 bits per heavy atom. The number of aromatic nitrogens is 1. The maximum atomic E-state index is 11.0. The van der Waals surface area contributed by atoms with Gasteiger partial charge in [0.1, 0.15) is 5.56 Å². The average Bonchev–Trinajstić information content (AvgIpc) is 3.12. The fourth-order valence-electron chi connectivity index (χ4n) is 1.67. The predicted octanol–water partition coefficient (Wildman–Crippen LogP) is 1.93. The summed E-state index contributed by atoms with van der Waals surface area (Å²) < 4.78 is 5.48. The van der Waals surface area contributed by atoms with E-state index < -0.39 is 5.97 Å². The molecule has 98 valence electrons. The first-order valence-corrected chi connectivity index (χ1v) is 6.18. The second-order valence-corrected chi connectivity index (χ2v) is 4.62. The van der Waals surface area contributed by atoms with Crippen LogP contribution in [-0.4, -0.2) is 35.8 Å². The van der Waals surface area contributed by atoms with Crippen LogP contribution in [0.2, 0.25) is 0 Å². The third-order valence-corrected chi connectivity index (χ3v) is 2.88. The third kappa shape index (κ3) is 3.70. The lowest BCUT2D eigenvalue weighted by molar-refractivity contribution is 0.0697. The molecule has 0 bridgehead atoms. The van der Waals surface area contributed by atoms with Crippen LogP contribution in [0.15, 0.2) is 12.3 Å². The number of ether oxygens (including phenoxy) is 1. The highest BCUT2D eigenvalue weighted by atomic mass is 16.5. The van der Waals surface area contributed by atoms with Gasteiger partial charge < -0.3 is 15.2 Å². The Bertz CT molecular complexity index is 430. The third-order valence-electron chi connectivity index (χ3n) is 2.88. The number of carboxylic acid groups (broad SMARTS) is 1. The second kappa shape index (κ2) is 5.82. The van der Waals surface area contributed by atoms with Gasteiger partial charge in [0.2, 0.25) is 0 Å². The van der Waals surface area contributed by atoms with Crippen LogP contribution >= 0.6 is 0 Å². The number of aromatic carboxylic acids is 1. The van der Waals surface area contributed by atoms with Crippen molar-refractivity contribution in [1.29, 1.82) is 0 Å². The number of hydrogen-bond acceptors (Lipinski definition) is 4. The van der Waals surface area contributed by atoms with E-state index in [2.05, 4.69) is 10.3 Å². The van der Waals surface area contributed by atoms with Crippen molar-refractivity contribution in [2.75, 3.05) is 25.1 Å². The molecule has 2 rings (SSSR count). The monoisotopic (exact) mass is 250 g/mol. The summed E-state index contributed by atoms with van der Waals surface area (Å²) in [6, 6.07) is 1.74. The van der Waals surface area contributed by atoms with E-state index in [1.165, 1.54) is 19.0 Å². The first kappa shape index (κ1) is 12.8. The Morgan fingerprint density at radius 3 is 3.06 bits per heavy atom. The minimum absolute atomic E-state index is 0.197. The molecule has 1 saturated carbocycles. The summed E-state index contributed by atoms with van der Waals surface area (Å²) in [5.41, 5.74) is 1.59. The van der Waals surface area contributed by atoms with E-state index >= 15 is 0 Å². The van der Waals surface area contributed by atoms with E-state index in [4.69, 9.17) is 9.84 Å². The molecule has 0 saturated heterocycles. The summed E-state index contributed by atoms with van der Waals surface area (Å²) in [5.74, 6) is -0.216. The molecule has 0 unspecified atom stereocenters. The quantitative estimate of drug-likeness (QED) is 0.723. The maximum Gasteiger partial charge on any atom is 0.339 e. The molecule has 1 aliphatic rings. The molecule has 5 heteroatoms. The molecular weight excluding hydrogens is 232 g/mol. The van der Waals surface area contributed by atoms with Crippen molar-refractivity contribution in [3.63, 3.8) is 0 Å². The molecule has 2 N–H and O–H groups in total. The predicted molar refractivity (Wildman–Crippen MR) is 68.0 cm³/mol. The van der Waals surface area contributed by atoms with E-state index in [9.17, 15) is 4.79 Å². The fraction of sp³-hybridized carbons (Fsp3) is 0.538. The zero-order valence-corrected chi connectivity index (χ0v) is 10.5. The van der Waals surface area contributed by atoms with Gasteiger partial charge in [0.15, 0.2) is 0 Å². The van der Waals surface area contributed by atoms with Gasteiger partial charge in [-0.1, -0.05) is 0 Å². The van der Waals surface area contributed by atoms with E-state index in [0.717, 1.165) is 18.2 Å². The topological polar surface area (TPSA) is 71.5 Å². The van der Waals surface area contributed by atoms with Crippen LogP contribution in [-0.2, 0) is 4.74 Å². The molecule has 18 heavy (non-hydrogen) atoms. The van der Waals surface area contributed by atoms with Gasteiger partial charge in [-0.15, -0.1) is 0 Å². The Balaban J connectivity index is 1.82. The molecule has 0 amide bonds. The molecule has 1 aromatic heterocycles. The summed E-state index contributed by atoms with van der Waals surface area (Å²) in [6.45, 7) is 3.86. The number of hydrogen-bond donors (Lipinski definition) is 2. The molecule has 1 heterocycles. The minimum atomic E-state index is -0.969. The van der Waals surface area contributed by atoms with Crippen molar-refractivity contribution in [3.8, 4) is 0 Å². The number of nitrogens with zero attached hydrogens (tertiary/aromatic N) is 1.